The van der Waals surface area contributed by atoms with Crippen molar-refractivity contribution in [2.45, 2.75) is 33.2 Å². The van der Waals surface area contributed by atoms with Gasteiger partial charge in [-0.1, -0.05) is 24.2 Å². The number of aryl methyl sites for hydroxylation is 1. The van der Waals surface area contributed by atoms with Gasteiger partial charge in [-0.15, -0.1) is 0 Å². The number of hydrogen-bond donors (Lipinski definition) is 1. The van der Waals surface area contributed by atoms with Crippen molar-refractivity contribution in [3.05, 3.63) is 72.2 Å². The number of nitrogens with one attached hydrogen (secondary N) is 1. The van der Waals surface area contributed by atoms with Crippen molar-refractivity contribution in [3.63, 3.8) is 0 Å². The van der Waals surface area contributed by atoms with Gasteiger partial charge in [0.15, 0.2) is 5.82 Å². The molecule has 9 heteroatoms. The fraction of sp³-hybridized carbons (Fsp3) is 0.261. The third-order valence-corrected chi connectivity index (χ3v) is 4.68. The van der Waals surface area contributed by atoms with E-state index in [1.807, 2.05) is 37.3 Å². The zero-order valence-corrected chi connectivity index (χ0v) is 18.0. The predicted octanol–water partition coefficient (Wildman–Crippen LogP) is 3.60. The second-order valence-electron chi connectivity index (χ2n) is 7.10. The second kappa shape index (κ2) is 9.86. The number of pyridine rings is 1. The van der Waals surface area contributed by atoms with Gasteiger partial charge in [-0.05, 0) is 43.2 Å². The molecular formula is C23H24N6O3. The summed E-state index contributed by atoms with van der Waals surface area (Å²) < 4.78 is 12.5. The number of amides is 1. The van der Waals surface area contributed by atoms with E-state index in [9.17, 15) is 4.79 Å². The molecule has 0 aliphatic carbocycles. The number of hydrogen-bond acceptors (Lipinski definition) is 7. The fourth-order valence-electron chi connectivity index (χ4n) is 3.14. The third-order valence-electron chi connectivity index (χ3n) is 4.68. The normalized spacial score (nSPS) is 10.8. The number of benzene rings is 1. The fourth-order valence-corrected chi connectivity index (χ4v) is 3.14. The number of imidazole rings is 1. The van der Waals surface area contributed by atoms with Gasteiger partial charge in [0.25, 0.3) is 11.8 Å². The van der Waals surface area contributed by atoms with Crippen molar-refractivity contribution in [2.75, 3.05) is 6.61 Å². The Labute approximate surface area is 185 Å². The van der Waals surface area contributed by atoms with Crippen LogP contribution in [0.25, 0.3) is 17.3 Å². The van der Waals surface area contributed by atoms with Crippen molar-refractivity contribution >= 4 is 5.91 Å². The molecule has 4 rings (SSSR count). The van der Waals surface area contributed by atoms with Gasteiger partial charge in [-0.25, -0.2) is 9.97 Å². The lowest BCUT2D eigenvalue weighted by molar-refractivity contribution is 0.0946. The summed E-state index contributed by atoms with van der Waals surface area (Å²) in [7, 11) is 0. The van der Waals surface area contributed by atoms with Crippen LogP contribution in [-0.2, 0) is 13.0 Å². The van der Waals surface area contributed by atoms with E-state index in [2.05, 4.69) is 32.3 Å². The Balaban J connectivity index is 1.44. The molecule has 3 heterocycles. The van der Waals surface area contributed by atoms with Gasteiger partial charge < -0.3 is 14.6 Å². The standard InChI is InChI=1S/C23H24N6O3/c1-3-6-20-27-23(32-28-20)17-9-10-24-21(12-17)29-14-19(26-15-29)22(30)25-13-16-7-5-8-18(11-16)31-4-2/h5,7-12,14-15H,3-4,6,13H2,1-2H3,(H,25,30). The Bertz CT molecular complexity index is 1200. The van der Waals surface area contributed by atoms with Crippen LogP contribution in [0.4, 0.5) is 0 Å². The van der Waals surface area contributed by atoms with Crippen LogP contribution in [0.3, 0.4) is 0 Å². The van der Waals surface area contributed by atoms with Gasteiger partial charge in [-0.3, -0.25) is 9.36 Å². The molecule has 0 atom stereocenters. The maximum absolute atomic E-state index is 12.6. The number of aromatic nitrogens is 5. The Morgan fingerprint density at radius 1 is 1.19 bits per heavy atom. The number of carbonyl (C=O) groups excluding carboxylic acids is 1. The van der Waals surface area contributed by atoms with Crippen LogP contribution in [0, 0.1) is 0 Å². The molecule has 0 saturated carbocycles. The average Bonchev–Trinajstić information content (AvgIpc) is 3.49. The zero-order chi connectivity index (χ0) is 22.3. The van der Waals surface area contributed by atoms with Crippen molar-refractivity contribution in [1.82, 2.24) is 30.0 Å². The van der Waals surface area contributed by atoms with Crippen LogP contribution in [0.15, 0.2) is 59.6 Å². The van der Waals surface area contributed by atoms with Crippen molar-refractivity contribution < 1.29 is 14.1 Å². The van der Waals surface area contributed by atoms with Crippen LogP contribution in [0.5, 0.6) is 5.75 Å². The molecule has 0 aliphatic heterocycles. The smallest absolute Gasteiger partial charge is 0.271 e. The molecule has 0 bridgehead atoms. The van der Waals surface area contributed by atoms with Crippen LogP contribution < -0.4 is 10.1 Å². The Kier molecular flexibility index (Phi) is 6.54. The molecule has 3 aromatic heterocycles. The lowest BCUT2D eigenvalue weighted by Gasteiger charge is -2.07. The minimum atomic E-state index is -0.275. The van der Waals surface area contributed by atoms with E-state index in [1.54, 1.807) is 29.4 Å². The van der Waals surface area contributed by atoms with Crippen LogP contribution in [0.2, 0.25) is 0 Å². The number of rotatable bonds is 9. The van der Waals surface area contributed by atoms with Gasteiger partial charge in [0.2, 0.25) is 0 Å². The molecule has 1 aromatic carbocycles. The van der Waals surface area contributed by atoms with E-state index < -0.39 is 0 Å². The maximum atomic E-state index is 12.6. The molecule has 1 N–H and O–H groups in total. The molecule has 0 unspecified atom stereocenters. The molecular weight excluding hydrogens is 408 g/mol. The Hall–Kier alpha value is -4.01. The third kappa shape index (κ3) is 5.00. The highest BCUT2D eigenvalue weighted by atomic mass is 16.5. The molecule has 164 valence electrons. The van der Waals surface area contributed by atoms with E-state index in [1.165, 1.54) is 0 Å². The number of carbonyl (C=O) groups is 1. The maximum Gasteiger partial charge on any atom is 0.271 e. The van der Waals surface area contributed by atoms with Crippen molar-refractivity contribution in [1.29, 1.82) is 0 Å². The highest BCUT2D eigenvalue weighted by Gasteiger charge is 2.13. The Morgan fingerprint density at radius 2 is 2.09 bits per heavy atom. The summed E-state index contributed by atoms with van der Waals surface area (Å²) in [5, 5.41) is 6.86. The lowest BCUT2D eigenvalue weighted by Crippen LogP contribution is -2.23. The van der Waals surface area contributed by atoms with E-state index >= 15 is 0 Å². The topological polar surface area (TPSA) is 108 Å². The van der Waals surface area contributed by atoms with Gasteiger partial charge in [0.05, 0.1) is 6.61 Å². The SMILES string of the molecule is CCCc1noc(-c2ccnc(-n3cnc(C(=O)NCc4cccc(OCC)c4)c3)c2)n1. The first-order valence-electron chi connectivity index (χ1n) is 10.5. The first-order valence-corrected chi connectivity index (χ1v) is 10.5. The summed E-state index contributed by atoms with van der Waals surface area (Å²) in [4.78, 5) is 25.5. The van der Waals surface area contributed by atoms with Crippen LogP contribution in [-0.4, -0.2) is 37.2 Å². The van der Waals surface area contributed by atoms with E-state index in [4.69, 9.17) is 9.26 Å². The zero-order valence-electron chi connectivity index (χ0n) is 18.0. The van der Waals surface area contributed by atoms with Gasteiger partial charge in [0.1, 0.15) is 23.6 Å². The molecule has 0 radical (unpaired) electrons. The minimum Gasteiger partial charge on any atom is -0.494 e. The highest BCUT2D eigenvalue weighted by molar-refractivity contribution is 5.92. The Morgan fingerprint density at radius 3 is 2.94 bits per heavy atom. The van der Waals surface area contributed by atoms with E-state index in [0.29, 0.717) is 36.4 Å². The monoisotopic (exact) mass is 432 g/mol. The summed E-state index contributed by atoms with van der Waals surface area (Å²) in [6.45, 7) is 4.96. The van der Waals surface area contributed by atoms with Crippen LogP contribution in [0.1, 0.15) is 42.1 Å². The van der Waals surface area contributed by atoms with Crippen LogP contribution >= 0.6 is 0 Å². The molecule has 0 aliphatic rings. The summed E-state index contributed by atoms with van der Waals surface area (Å²) >= 11 is 0. The highest BCUT2D eigenvalue weighted by Crippen LogP contribution is 2.20. The van der Waals surface area contributed by atoms with Gasteiger partial charge >= 0.3 is 0 Å². The largest absolute Gasteiger partial charge is 0.494 e. The molecule has 9 nitrogen and oxygen atoms in total. The van der Waals surface area contributed by atoms with Crippen molar-refractivity contribution in [3.8, 4) is 23.0 Å². The van der Waals surface area contributed by atoms with Gasteiger partial charge in [0, 0.05) is 30.9 Å². The number of nitrogens with zero attached hydrogens (tertiary/aromatic N) is 5. The van der Waals surface area contributed by atoms with E-state index in [0.717, 1.165) is 29.7 Å². The quantitative estimate of drug-likeness (QED) is 0.430. The summed E-state index contributed by atoms with van der Waals surface area (Å²) in [6.07, 6.45) is 6.54. The molecule has 0 saturated heterocycles. The summed E-state index contributed by atoms with van der Waals surface area (Å²) in [5.41, 5.74) is 1.99. The molecule has 0 spiro atoms. The van der Waals surface area contributed by atoms with Crippen molar-refractivity contribution in [2.24, 2.45) is 0 Å². The average molecular weight is 432 g/mol. The van der Waals surface area contributed by atoms with Gasteiger partial charge in [-0.2, -0.15) is 4.98 Å². The first-order chi connectivity index (χ1) is 15.7. The summed E-state index contributed by atoms with van der Waals surface area (Å²) in [6, 6.07) is 11.2. The molecule has 32 heavy (non-hydrogen) atoms. The second-order valence-corrected chi connectivity index (χ2v) is 7.10. The molecule has 0 fully saturated rings. The molecule has 4 aromatic rings. The lowest BCUT2D eigenvalue weighted by atomic mass is 10.2. The number of ether oxygens (including phenoxy) is 1. The minimum absolute atomic E-state index is 0.275. The predicted molar refractivity (Wildman–Crippen MR) is 117 cm³/mol. The molecule has 1 amide bonds. The summed E-state index contributed by atoms with van der Waals surface area (Å²) in [5.74, 6) is 2.20. The first kappa shape index (κ1) is 21.2. The van der Waals surface area contributed by atoms with E-state index in [-0.39, 0.29) is 5.91 Å².